The van der Waals surface area contributed by atoms with E-state index in [1.54, 1.807) is 12.1 Å². The van der Waals surface area contributed by atoms with Crippen molar-refractivity contribution >= 4 is 11.9 Å². The Morgan fingerprint density at radius 3 is 2.31 bits per heavy atom. The number of hydrogen-bond acceptors (Lipinski definition) is 1. The molecule has 2 heteroatoms. The smallest absolute Gasteiger partial charge is 0.188 e. The van der Waals surface area contributed by atoms with E-state index < -0.39 is 11.6 Å². The third-order valence-electron chi connectivity index (χ3n) is 1.71. The van der Waals surface area contributed by atoms with Crippen molar-refractivity contribution < 1.29 is 9.18 Å². The normalized spacial score (nSPS) is 11.5. The second-order valence-electron chi connectivity index (χ2n) is 2.96. The highest BCUT2D eigenvalue weighted by Gasteiger charge is 2.00. The molecule has 0 N–H and O–H groups in total. The van der Waals surface area contributed by atoms with Gasteiger partial charge in [0.1, 0.15) is 0 Å². The van der Waals surface area contributed by atoms with E-state index in [9.17, 15) is 9.18 Å². The van der Waals surface area contributed by atoms with E-state index in [0.29, 0.717) is 5.56 Å². The van der Waals surface area contributed by atoms with E-state index in [1.165, 1.54) is 13.0 Å². The highest BCUT2D eigenvalue weighted by molar-refractivity contribution is 5.95. The fourth-order valence-electron chi connectivity index (χ4n) is 0.911. The minimum absolute atomic E-state index is 0.541. The summed E-state index contributed by atoms with van der Waals surface area (Å²) in [5.41, 5.74) is 1.82. The molecule has 0 aromatic heterocycles. The number of allylic oxidation sites excluding steroid dienone is 1. The monoisotopic (exact) mass is 178 g/mol. The van der Waals surface area contributed by atoms with Gasteiger partial charge in [-0.05, 0) is 18.6 Å². The summed E-state index contributed by atoms with van der Waals surface area (Å²) < 4.78 is 12.8. The molecule has 1 nitrogen and oxygen atoms in total. The van der Waals surface area contributed by atoms with Gasteiger partial charge in [-0.25, -0.2) is 4.39 Å². The molecule has 0 aliphatic heterocycles. The van der Waals surface area contributed by atoms with Gasteiger partial charge in [0, 0.05) is 6.92 Å². The number of carbonyl (C=O) groups excluding carboxylic acids is 1. The van der Waals surface area contributed by atoms with Crippen LogP contribution in [0.15, 0.2) is 30.1 Å². The lowest BCUT2D eigenvalue weighted by atomic mass is 10.1. The number of ketones is 1. The van der Waals surface area contributed by atoms with Gasteiger partial charge in [0.25, 0.3) is 0 Å². The second-order valence-corrected chi connectivity index (χ2v) is 2.96. The van der Waals surface area contributed by atoms with Gasteiger partial charge in [-0.15, -0.1) is 0 Å². The molecular formula is C11H11FO. The maximum atomic E-state index is 12.8. The number of hydrogen-bond donors (Lipinski definition) is 0. The zero-order chi connectivity index (χ0) is 9.84. The van der Waals surface area contributed by atoms with E-state index in [4.69, 9.17) is 0 Å². The first-order valence-electron chi connectivity index (χ1n) is 4.04. The van der Waals surface area contributed by atoms with Crippen LogP contribution in [0.4, 0.5) is 4.39 Å². The quantitative estimate of drug-likeness (QED) is 0.636. The van der Waals surface area contributed by atoms with Gasteiger partial charge in [-0.1, -0.05) is 29.8 Å². The molecule has 0 fully saturated rings. The van der Waals surface area contributed by atoms with Crippen LogP contribution >= 0.6 is 0 Å². The Morgan fingerprint density at radius 1 is 1.31 bits per heavy atom. The predicted octanol–water partition coefficient (Wildman–Crippen LogP) is 2.89. The van der Waals surface area contributed by atoms with Crippen LogP contribution in [0.1, 0.15) is 18.1 Å². The summed E-state index contributed by atoms with van der Waals surface area (Å²) >= 11 is 0. The average Bonchev–Trinajstić information content (AvgIpc) is 2.08. The van der Waals surface area contributed by atoms with E-state index in [-0.39, 0.29) is 0 Å². The maximum absolute atomic E-state index is 12.8. The molecule has 0 aliphatic rings. The van der Waals surface area contributed by atoms with Crippen LogP contribution in [-0.2, 0) is 4.79 Å². The van der Waals surface area contributed by atoms with E-state index in [2.05, 4.69) is 0 Å². The van der Waals surface area contributed by atoms with Gasteiger partial charge in [-0.3, -0.25) is 4.79 Å². The van der Waals surface area contributed by atoms with Crippen LogP contribution in [-0.4, -0.2) is 5.78 Å². The van der Waals surface area contributed by atoms with Gasteiger partial charge in [0.05, 0.1) is 0 Å². The Balaban J connectivity index is 2.92. The molecule has 0 unspecified atom stereocenters. The summed E-state index contributed by atoms with van der Waals surface area (Å²) in [6.07, 6.45) is 1.24. The van der Waals surface area contributed by atoms with Gasteiger partial charge in [-0.2, -0.15) is 0 Å². The van der Waals surface area contributed by atoms with Gasteiger partial charge in [0.2, 0.25) is 0 Å². The molecule has 0 aliphatic carbocycles. The number of halogens is 1. The summed E-state index contributed by atoms with van der Waals surface area (Å²) in [7, 11) is 0. The summed E-state index contributed by atoms with van der Waals surface area (Å²) in [6.45, 7) is 3.16. The first-order valence-corrected chi connectivity index (χ1v) is 4.04. The van der Waals surface area contributed by atoms with Crippen molar-refractivity contribution in [1.29, 1.82) is 0 Å². The summed E-state index contributed by atoms with van der Waals surface area (Å²) in [5, 5.41) is 0. The largest absolute Gasteiger partial charge is 0.292 e. The summed E-state index contributed by atoms with van der Waals surface area (Å²) in [6, 6.07) is 7.30. The van der Waals surface area contributed by atoms with E-state index >= 15 is 0 Å². The van der Waals surface area contributed by atoms with Crippen molar-refractivity contribution in [3.63, 3.8) is 0 Å². The molecule has 0 saturated heterocycles. The molecule has 13 heavy (non-hydrogen) atoms. The van der Waals surface area contributed by atoms with Crippen LogP contribution in [0.2, 0.25) is 0 Å². The molecule has 0 heterocycles. The molecular weight excluding hydrogens is 167 g/mol. The van der Waals surface area contributed by atoms with Crippen molar-refractivity contribution in [2.24, 2.45) is 0 Å². The SMILES string of the molecule is CC(=O)/C(F)=C/c1ccc(C)cc1. The van der Waals surface area contributed by atoms with E-state index in [1.807, 2.05) is 19.1 Å². The molecule has 0 bridgehead atoms. The third-order valence-corrected chi connectivity index (χ3v) is 1.71. The zero-order valence-corrected chi connectivity index (χ0v) is 7.67. The zero-order valence-electron chi connectivity index (χ0n) is 7.67. The topological polar surface area (TPSA) is 17.1 Å². The van der Waals surface area contributed by atoms with Crippen molar-refractivity contribution in [1.82, 2.24) is 0 Å². The molecule has 0 spiro atoms. The molecule has 0 amide bonds. The molecule has 68 valence electrons. The lowest BCUT2D eigenvalue weighted by molar-refractivity contribution is -0.114. The standard InChI is InChI=1S/C11H11FO/c1-8-3-5-10(6-4-8)7-11(12)9(2)13/h3-7H,1-2H3/b11-7-. The molecule has 0 atom stereocenters. The van der Waals surface area contributed by atoms with Crippen molar-refractivity contribution in [2.45, 2.75) is 13.8 Å². The predicted molar refractivity (Wildman–Crippen MR) is 50.9 cm³/mol. The number of benzene rings is 1. The minimum Gasteiger partial charge on any atom is -0.292 e. The molecule has 0 saturated carbocycles. The van der Waals surface area contributed by atoms with Crippen LogP contribution in [0, 0.1) is 6.92 Å². The van der Waals surface area contributed by atoms with Crippen LogP contribution in [0.3, 0.4) is 0 Å². The fourth-order valence-corrected chi connectivity index (χ4v) is 0.911. The fraction of sp³-hybridized carbons (Fsp3) is 0.182. The minimum atomic E-state index is -0.705. The third kappa shape index (κ3) is 2.82. The van der Waals surface area contributed by atoms with Gasteiger partial charge < -0.3 is 0 Å². The Hall–Kier alpha value is -1.44. The van der Waals surface area contributed by atoms with Crippen LogP contribution in [0.5, 0.6) is 0 Å². The molecule has 1 aromatic rings. The van der Waals surface area contributed by atoms with E-state index in [0.717, 1.165) is 5.56 Å². The highest BCUT2D eigenvalue weighted by Crippen LogP contribution is 2.09. The van der Waals surface area contributed by atoms with Crippen LogP contribution in [0.25, 0.3) is 6.08 Å². The molecule has 0 radical (unpaired) electrons. The van der Waals surface area contributed by atoms with Crippen LogP contribution < -0.4 is 0 Å². The number of carbonyl (C=O) groups is 1. The highest BCUT2D eigenvalue weighted by atomic mass is 19.1. The molecule has 1 aromatic carbocycles. The van der Waals surface area contributed by atoms with Gasteiger partial charge >= 0.3 is 0 Å². The Kier molecular flexibility index (Phi) is 2.96. The summed E-state index contributed by atoms with van der Waals surface area (Å²) in [5.74, 6) is -1.25. The molecule has 1 rings (SSSR count). The summed E-state index contributed by atoms with van der Waals surface area (Å²) in [4.78, 5) is 10.6. The number of aryl methyl sites for hydroxylation is 1. The second kappa shape index (κ2) is 3.99. The lowest BCUT2D eigenvalue weighted by Gasteiger charge is -1.94. The first-order chi connectivity index (χ1) is 6.09. The number of Topliss-reactive ketones (excluding diaryl/α,β-unsaturated/α-hetero) is 1. The first kappa shape index (κ1) is 9.65. The van der Waals surface area contributed by atoms with Crippen molar-refractivity contribution in [2.75, 3.05) is 0 Å². The Morgan fingerprint density at radius 2 is 1.85 bits per heavy atom. The maximum Gasteiger partial charge on any atom is 0.188 e. The Bertz CT molecular complexity index is 336. The van der Waals surface area contributed by atoms with Crippen molar-refractivity contribution in [3.8, 4) is 0 Å². The average molecular weight is 178 g/mol. The lowest BCUT2D eigenvalue weighted by Crippen LogP contribution is -1.89. The van der Waals surface area contributed by atoms with Gasteiger partial charge in [0.15, 0.2) is 11.6 Å². The van der Waals surface area contributed by atoms with Crippen molar-refractivity contribution in [3.05, 3.63) is 41.2 Å². The Labute approximate surface area is 76.9 Å². The number of rotatable bonds is 2.